The van der Waals surface area contributed by atoms with E-state index >= 15 is 0 Å². The Kier molecular flexibility index (Phi) is 3.62. The van der Waals surface area contributed by atoms with Crippen molar-refractivity contribution in [2.45, 2.75) is 18.7 Å². The van der Waals surface area contributed by atoms with E-state index in [9.17, 15) is 8.42 Å². The van der Waals surface area contributed by atoms with Crippen molar-refractivity contribution in [2.75, 3.05) is 4.72 Å². The number of benzene rings is 3. The van der Waals surface area contributed by atoms with Crippen LogP contribution in [-0.2, 0) is 10.0 Å². The van der Waals surface area contributed by atoms with Gasteiger partial charge in [-0.15, -0.1) is 0 Å². The molecule has 112 valence electrons. The Balaban J connectivity index is 2.07. The predicted molar refractivity (Wildman–Crippen MR) is 90.7 cm³/mol. The fourth-order valence-electron chi connectivity index (χ4n) is 2.61. The van der Waals surface area contributed by atoms with Crippen LogP contribution < -0.4 is 4.72 Å². The third-order valence-electron chi connectivity index (χ3n) is 3.54. The van der Waals surface area contributed by atoms with Gasteiger partial charge in [-0.1, -0.05) is 42.5 Å². The van der Waals surface area contributed by atoms with Gasteiger partial charge in [-0.05, 0) is 48.6 Å². The van der Waals surface area contributed by atoms with Gasteiger partial charge in [-0.3, -0.25) is 4.72 Å². The Bertz CT molecular complexity index is 921. The van der Waals surface area contributed by atoms with Gasteiger partial charge < -0.3 is 0 Å². The van der Waals surface area contributed by atoms with Crippen molar-refractivity contribution in [3.05, 3.63) is 71.8 Å². The maximum Gasteiger partial charge on any atom is 0.261 e. The first-order chi connectivity index (χ1) is 10.5. The first-order valence-corrected chi connectivity index (χ1v) is 8.53. The van der Waals surface area contributed by atoms with Crippen molar-refractivity contribution in [3.63, 3.8) is 0 Å². The van der Waals surface area contributed by atoms with E-state index in [1.54, 1.807) is 18.2 Å². The highest BCUT2D eigenvalue weighted by Crippen LogP contribution is 2.26. The largest absolute Gasteiger partial charge is 0.279 e. The number of hydrogen-bond donors (Lipinski definition) is 1. The van der Waals surface area contributed by atoms with Crippen LogP contribution in [0.3, 0.4) is 0 Å². The third kappa shape index (κ3) is 2.83. The number of anilines is 1. The minimum Gasteiger partial charge on any atom is -0.279 e. The zero-order chi connectivity index (χ0) is 15.7. The molecule has 0 heterocycles. The number of hydrogen-bond acceptors (Lipinski definition) is 2. The molecule has 0 saturated heterocycles. The Hall–Kier alpha value is -2.33. The molecule has 0 radical (unpaired) electrons. The monoisotopic (exact) mass is 311 g/mol. The first kappa shape index (κ1) is 14.6. The molecule has 0 amide bonds. The minimum absolute atomic E-state index is 0.290. The van der Waals surface area contributed by atoms with Crippen molar-refractivity contribution in [3.8, 4) is 0 Å². The summed E-state index contributed by atoms with van der Waals surface area (Å²) in [6, 6.07) is 18.6. The van der Waals surface area contributed by atoms with E-state index < -0.39 is 10.0 Å². The molecular formula is C18H17NO2S. The number of fused-ring (bicyclic) bond motifs is 1. The van der Waals surface area contributed by atoms with Gasteiger partial charge in [0.05, 0.1) is 10.6 Å². The summed E-state index contributed by atoms with van der Waals surface area (Å²) in [5.74, 6) is 0. The average molecular weight is 311 g/mol. The van der Waals surface area contributed by atoms with E-state index in [0.717, 1.165) is 21.9 Å². The van der Waals surface area contributed by atoms with Crippen LogP contribution in [0.1, 0.15) is 11.1 Å². The van der Waals surface area contributed by atoms with Crippen molar-refractivity contribution >= 4 is 26.5 Å². The van der Waals surface area contributed by atoms with Crippen molar-refractivity contribution in [2.24, 2.45) is 0 Å². The molecule has 0 aromatic heterocycles. The zero-order valence-electron chi connectivity index (χ0n) is 12.5. The molecule has 0 aliphatic rings. The van der Waals surface area contributed by atoms with Crippen LogP contribution in [-0.4, -0.2) is 8.42 Å². The quantitative estimate of drug-likeness (QED) is 0.785. The zero-order valence-corrected chi connectivity index (χ0v) is 13.3. The fraction of sp³-hybridized carbons (Fsp3) is 0.111. The van der Waals surface area contributed by atoms with Gasteiger partial charge in [-0.25, -0.2) is 8.42 Å². The molecule has 1 N–H and O–H groups in total. The fourth-order valence-corrected chi connectivity index (χ4v) is 3.87. The molecule has 0 unspecified atom stereocenters. The first-order valence-electron chi connectivity index (χ1n) is 7.04. The summed E-state index contributed by atoms with van der Waals surface area (Å²) in [5.41, 5.74) is 2.45. The summed E-state index contributed by atoms with van der Waals surface area (Å²) in [6.45, 7) is 3.79. The van der Waals surface area contributed by atoms with Gasteiger partial charge in [0.25, 0.3) is 10.0 Å². The van der Waals surface area contributed by atoms with Crippen molar-refractivity contribution < 1.29 is 8.42 Å². The van der Waals surface area contributed by atoms with Crippen molar-refractivity contribution in [1.29, 1.82) is 0 Å². The molecule has 3 rings (SSSR count). The van der Waals surface area contributed by atoms with E-state index in [4.69, 9.17) is 0 Å². The summed E-state index contributed by atoms with van der Waals surface area (Å²) >= 11 is 0. The number of sulfonamides is 1. The lowest BCUT2D eigenvalue weighted by atomic mass is 10.1. The highest BCUT2D eigenvalue weighted by atomic mass is 32.2. The van der Waals surface area contributed by atoms with Gasteiger partial charge in [0, 0.05) is 5.39 Å². The Morgan fingerprint density at radius 3 is 2.18 bits per heavy atom. The van der Waals surface area contributed by atoms with Gasteiger partial charge in [0.15, 0.2) is 0 Å². The van der Waals surface area contributed by atoms with Crippen LogP contribution in [0, 0.1) is 13.8 Å². The Morgan fingerprint density at radius 1 is 0.818 bits per heavy atom. The molecular weight excluding hydrogens is 294 g/mol. The second-order valence-electron chi connectivity index (χ2n) is 5.46. The number of nitrogens with one attached hydrogen (secondary N) is 1. The molecule has 4 heteroatoms. The lowest BCUT2D eigenvalue weighted by Gasteiger charge is -2.12. The highest BCUT2D eigenvalue weighted by Gasteiger charge is 2.16. The molecule has 22 heavy (non-hydrogen) atoms. The van der Waals surface area contributed by atoms with E-state index in [-0.39, 0.29) is 4.90 Å². The topological polar surface area (TPSA) is 46.2 Å². The van der Waals surface area contributed by atoms with E-state index in [1.165, 1.54) is 0 Å². The van der Waals surface area contributed by atoms with Crippen LogP contribution in [0.25, 0.3) is 10.8 Å². The highest BCUT2D eigenvalue weighted by molar-refractivity contribution is 7.92. The predicted octanol–water partition coefficient (Wildman–Crippen LogP) is 4.26. The maximum absolute atomic E-state index is 12.6. The van der Waals surface area contributed by atoms with Gasteiger partial charge >= 0.3 is 0 Å². The maximum atomic E-state index is 12.6. The number of rotatable bonds is 3. The van der Waals surface area contributed by atoms with Crippen LogP contribution in [0.15, 0.2) is 65.6 Å². The molecule has 0 aliphatic carbocycles. The third-order valence-corrected chi connectivity index (χ3v) is 4.88. The van der Waals surface area contributed by atoms with Crippen LogP contribution in [0.5, 0.6) is 0 Å². The molecule has 0 spiro atoms. The molecule has 0 fully saturated rings. The summed E-state index contributed by atoms with van der Waals surface area (Å²) < 4.78 is 28.0. The van der Waals surface area contributed by atoms with Gasteiger partial charge in [0.2, 0.25) is 0 Å². The second kappa shape index (κ2) is 5.46. The van der Waals surface area contributed by atoms with Crippen LogP contribution in [0.4, 0.5) is 5.69 Å². The average Bonchev–Trinajstić information content (AvgIpc) is 2.46. The summed E-state index contributed by atoms with van der Waals surface area (Å²) in [7, 11) is -3.60. The molecule has 3 aromatic carbocycles. The van der Waals surface area contributed by atoms with Crippen molar-refractivity contribution in [1.82, 2.24) is 0 Å². The normalized spacial score (nSPS) is 11.5. The summed E-state index contributed by atoms with van der Waals surface area (Å²) in [4.78, 5) is 0.290. The Morgan fingerprint density at radius 2 is 1.45 bits per heavy atom. The van der Waals surface area contributed by atoms with E-state index in [2.05, 4.69) is 4.72 Å². The van der Waals surface area contributed by atoms with E-state index in [0.29, 0.717) is 5.69 Å². The SMILES string of the molecule is Cc1cc(C)cc(S(=O)(=O)Nc2cccc3ccccc23)c1. The summed E-state index contributed by atoms with van der Waals surface area (Å²) in [5, 5.41) is 1.89. The molecule has 3 aromatic rings. The molecule has 0 saturated carbocycles. The van der Waals surface area contributed by atoms with Crippen LogP contribution >= 0.6 is 0 Å². The molecule has 0 atom stereocenters. The minimum atomic E-state index is -3.60. The van der Waals surface area contributed by atoms with E-state index in [1.807, 2.05) is 56.3 Å². The summed E-state index contributed by atoms with van der Waals surface area (Å²) in [6.07, 6.45) is 0. The lowest BCUT2D eigenvalue weighted by Crippen LogP contribution is -2.13. The standard InChI is InChI=1S/C18H17NO2S/c1-13-10-14(2)12-16(11-13)22(20,21)19-18-9-5-7-15-6-3-4-8-17(15)18/h3-12,19H,1-2H3. The second-order valence-corrected chi connectivity index (χ2v) is 7.14. The smallest absolute Gasteiger partial charge is 0.261 e. The molecule has 0 aliphatic heterocycles. The molecule has 3 nitrogen and oxygen atoms in total. The van der Waals surface area contributed by atoms with Crippen LogP contribution in [0.2, 0.25) is 0 Å². The Labute approximate surface area is 130 Å². The van der Waals surface area contributed by atoms with Gasteiger partial charge in [-0.2, -0.15) is 0 Å². The van der Waals surface area contributed by atoms with Gasteiger partial charge in [0.1, 0.15) is 0 Å². The lowest BCUT2D eigenvalue weighted by molar-refractivity contribution is 0.601. The number of aryl methyl sites for hydroxylation is 2. The molecule has 0 bridgehead atoms.